The molecule has 124 valence electrons. The summed E-state index contributed by atoms with van der Waals surface area (Å²) in [6.07, 6.45) is 5.01. The van der Waals surface area contributed by atoms with Gasteiger partial charge in [-0.2, -0.15) is 0 Å². The van der Waals surface area contributed by atoms with Crippen LogP contribution >= 0.6 is 0 Å². The molecule has 1 aliphatic rings. The van der Waals surface area contributed by atoms with Crippen molar-refractivity contribution in [1.29, 1.82) is 0 Å². The molecule has 1 atom stereocenters. The molecule has 0 amide bonds. The summed E-state index contributed by atoms with van der Waals surface area (Å²) in [6, 6.07) is 13.4. The van der Waals surface area contributed by atoms with Crippen molar-refractivity contribution < 1.29 is 9.47 Å². The van der Waals surface area contributed by atoms with Crippen molar-refractivity contribution in [3.05, 3.63) is 47.5 Å². The molecule has 0 N–H and O–H groups in total. The van der Waals surface area contributed by atoms with Crippen LogP contribution in [0.15, 0.2) is 36.4 Å². The minimum Gasteiger partial charge on any atom is -0.384 e. The number of methoxy groups -OCH3 is 2. The van der Waals surface area contributed by atoms with Gasteiger partial charge in [0.25, 0.3) is 0 Å². The van der Waals surface area contributed by atoms with E-state index in [4.69, 9.17) is 9.47 Å². The van der Waals surface area contributed by atoms with Gasteiger partial charge in [-0.15, -0.1) is 0 Å². The van der Waals surface area contributed by atoms with E-state index in [0.29, 0.717) is 19.1 Å². The largest absolute Gasteiger partial charge is 0.384 e. The standard InChI is InChI=1S/C21H28O2/c1-4-5-6-12-18-17-11-7-9-16-10-8-13-19(20(16)17)21(18,14-22-2)15-23-3/h7-11,13,18H,4-6,12,14-15H2,1-3H3. The lowest BCUT2D eigenvalue weighted by molar-refractivity contribution is 0.0449. The Hall–Kier alpha value is -1.38. The summed E-state index contributed by atoms with van der Waals surface area (Å²) >= 11 is 0. The van der Waals surface area contributed by atoms with Crippen LogP contribution < -0.4 is 0 Å². The van der Waals surface area contributed by atoms with Crippen LogP contribution in [0.4, 0.5) is 0 Å². The molecule has 0 saturated carbocycles. The van der Waals surface area contributed by atoms with E-state index < -0.39 is 0 Å². The van der Waals surface area contributed by atoms with E-state index in [2.05, 4.69) is 43.3 Å². The van der Waals surface area contributed by atoms with Crippen molar-refractivity contribution in [2.75, 3.05) is 27.4 Å². The highest BCUT2D eigenvalue weighted by Gasteiger charge is 2.47. The highest BCUT2D eigenvalue weighted by atomic mass is 16.5. The lowest BCUT2D eigenvalue weighted by atomic mass is 9.72. The second-order valence-corrected chi connectivity index (χ2v) is 6.82. The van der Waals surface area contributed by atoms with Crippen molar-refractivity contribution in [3.8, 4) is 0 Å². The minimum atomic E-state index is -0.0551. The highest BCUT2D eigenvalue weighted by Crippen LogP contribution is 2.53. The maximum atomic E-state index is 5.70. The lowest BCUT2D eigenvalue weighted by Crippen LogP contribution is -2.39. The Bertz CT molecular complexity index is 651. The number of hydrogen-bond donors (Lipinski definition) is 0. The summed E-state index contributed by atoms with van der Waals surface area (Å²) in [5.41, 5.74) is 2.85. The Morgan fingerprint density at radius 1 is 0.957 bits per heavy atom. The molecule has 23 heavy (non-hydrogen) atoms. The van der Waals surface area contributed by atoms with Crippen LogP contribution in [0.3, 0.4) is 0 Å². The number of rotatable bonds is 8. The zero-order chi connectivity index (χ0) is 16.3. The molecule has 0 aromatic heterocycles. The van der Waals surface area contributed by atoms with Gasteiger partial charge in [0.2, 0.25) is 0 Å². The van der Waals surface area contributed by atoms with Crippen molar-refractivity contribution in [2.24, 2.45) is 0 Å². The maximum absolute atomic E-state index is 5.70. The van der Waals surface area contributed by atoms with Crippen molar-refractivity contribution >= 4 is 10.8 Å². The Labute approximate surface area is 139 Å². The predicted molar refractivity (Wildman–Crippen MR) is 96.3 cm³/mol. The molecule has 0 fully saturated rings. The first kappa shape index (κ1) is 16.5. The van der Waals surface area contributed by atoms with E-state index in [1.165, 1.54) is 47.6 Å². The van der Waals surface area contributed by atoms with Crippen LogP contribution in [-0.4, -0.2) is 27.4 Å². The molecule has 0 spiro atoms. The van der Waals surface area contributed by atoms with E-state index in [0.717, 1.165) is 0 Å². The molecular weight excluding hydrogens is 284 g/mol. The van der Waals surface area contributed by atoms with Gasteiger partial charge in [0.1, 0.15) is 0 Å². The van der Waals surface area contributed by atoms with Crippen LogP contribution in [0, 0.1) is 0 Å². The van der Waals surface area contributed by atoms with E-state index in [9.17, 15) is 0 Å². The van der Waals surface area contributed by atoms with Gasteiger partial charge in [0, 0.05) is 19.6 Å². The fourth-order valence-corrected chi connectivity index (χ4v) is 4.50. The smallest absolute Gasteiger partial charge is 0.0587 e. The van der Waals surface area contributed by atoms with Crippen LogP contribution in [0.1, 0.15) is 49.7 Å². The summed E-state index contributed by atoms with van der Waals surface area (Å²) in [7, 11) is 3.62. The molecule has 3 rings (SSSR count). The fourth-order valence-electron chi connectivity index (χ4n) is 4.50. The molecule has 0 bridgehead atoms. The Morgan fingerprint density at radius 2 is 1.65 bits per heavy atom. The molecular formula is C21H28O2. The predicted octanol–water partition coefficient (Wildman–Crippen LogP) is 5.05. The zero-order valence-corrected chi connectivity index (χ0v) is 14.6. The van der Waals surface area contributed by atoms with Crippen LogP contribution in [-0.2, 0) is 14.9 Å². The first-order chi connectivity index (χ1) is 11.3. The average molecular weight is 312 g/mol. The molecule has 0 aliphatic heterocycles. The summed E-state index contributed by atoms with van der Waals surface area (Å²) in [5.74, 6) is 0.482. The number of hydrogen-bond acceptors (Lipinski definition) is 2. The Balaban J connectivity index is 2.13. The number of ether oxygens (including phenoxy) is 2. The molecule has 2 heteroatoms. The molecule has 2 nitrogen and oxygen atoms in total. The summed E-state index contributed by atoms with van der Waals surface area (Å²) in [6.45, 7) is 3.69. The van der Waals surface area contributed by atoms with E-state index in [1.54, 1.807) is 0 Å². The molecule has 1 aliphatic carbocycles. The first-order valence-electron chi connectivity index (χ1n) is 8.78. The van der Waals surface area contributed by atoms with E-state index in [-0.39, 0.29) is 5.41 Å². The maximum Gasteiger partial charge on any atom is 0.0587 e. The van der Waals surface area contributed by atoms with E-state index >= 15 is 0 Å². The van der Waals surface area contributed by atoms with Crippen LogP contribution in [0.5, 0.6) is 0 Å². The first-order valence-corrected chi connectivity index (χ1v) is 8.78. The quantitative estimate of drug-likeness (QED) is 0.635. The summed E-state index contributed by atoms with van der Waals surface area (Å²) in [4.78, 5) is 0. The van der Waals surface area contributed by atoms with Crippen molar-refractivity contribution in [2.45, 2.75) is 43.9 Å². The number of benzene rings is 2. The average Bonchev–Trinajstić information content (AvgIpc) is 2.82. The molecule has 2 aromatic carbocycles. The SMILES string of the molecule is CCCCCC1c2cccc3cccc(c23)C1(COC)COC. The zero-order valence-electron chi connectivity index (χ0n) is 14.6. The third-order valence-corrected chi connectivity index (χ3v) is 5.42. The van der Waals surface area contributed by atoms with Crippen molar-refractivity contribution in [3.63, 3.8) is 0 Å². The highest BCUT2D eigenvalue weighted by molar-refractivity contribution is 5.93. The second-order valence-electron chi connectivity index (χ2n) is 6.82. The Morgan fingerprint density at radius 3 is 2.30 bits per heavy atom. The van der Waals surface area contributed by atoms with Crippen LogP contribution in [0.25, 0.3) is 10.8 Å². The van der Waals surface area contributed by atoms with Gasteiger partial charge < -0.3 is 9.47 Å². The second kappa shape index (κ2) is 7.02. The van der Waals surface area contributed by atoms with Gasteiger partial charge in [0.15, 0.2) is 0 Å². The molecule has 1 unspecified atom stereocenters. The van der Waals surface area contributed by atoms with Gasteiger partial charge in [-0.3, -0.25) is 0 Å². The van der Waals surface area contributed by atoms with Crippen molar-refractivity contribution in [1.82, 2.24) is 0 Å². The minimum absolute atomic E-state index is 0.0551. The monoisotopic (exact) mass is 312 g/mol. The molecule has 2 aromatic rings. The van der Waals surface area contributed by atoms with Gasteiger partial charge in [-0.05, 0) is 34.2 Å². The number of unbranched alkanes of at least 4 members (excludes halogenated alkanes) is 2. The van der Waals surface area contributed by atoms with E-state index in [1.807, 2.05) is 14.2 Å². The lowest BCUT2D eigenvalue weighted by Gasteiger charge is -2.36. The molecule has 0 saturated heterocycles. The molecule has 0 radical (unpaired) electrons. The Kier molecular flexibility index (Phi) is 5.03. The van der Waals surface area contributed by atoms with Crippen LogP contribution in [0.2, 0.25) is 0 Å². The van der Waals surface area contributed by atoms with Gasteiger partial charge >= 0.3 is 0 Å². The topological polar surface area (TPSA) is 18.5 Å². The van der Waals surface area contributed by atoms with Gasteiger partial charge in [-0.25, -0.2) is 0 Å². The molecule has 0 heterocycles. The normalized spacial score (nSPS) is 18.7. The summed E-state index contributed by atoms with van der Waals surface area (Å²) < 4.78 is 11.4. The fraction of sp³-hybridized carbons (Fsp3) is 0.524. The van der Waals surface area contributed by atoms with Gasteiger partial charge in [-0.1, -0.05) is 62.6 Å². The third kappa shape index (κ3) is 2.68. The third-order valence-electron chi connectivity index (χ3n) is 5.42. The van der Waals surface area contributed by atoms with Gasteiger partial charge in [0.05, 0.1) is 13.2 Å². The summed E-state index contributed by atoms with van der Waals surface area (Å²) in [5, 5.41) is 2.78.